The molecule has 1 fully saturated rings. The zero-order chi connectivity index (χ0) is 27.6. The topological polar surface area (TPSA) is 116 Å². The molecule has 0 saturated carbocycles. The predicted octanol–water partition coefficient (Wildman–Crippen LogP) is 4.01. The zero-order valence-corrected chi connectivity index (χ0v) is 23.4. The molecule has 0 N–H and O–H groups in total. The number of fused-ring (bicyclic) bond motifs is 1. The molecule has 4 aromatic rings. The van der Waals surface area contributed by atoms with Crippen molar-refractivity contribution < 1.29 is 19.0 Å². The van der Waals surface area contributed by atoms with E-state index in [-0.39, 0.29) is 6.10 Å². The van der Waals surface area contributed by atoms with Crippen molar-refractivity contribution in [2.24, 2.45) is 0 Å². The number of esters is 1. The fourth-order valence-corrected chi connectivity index (χ4v) is 5.36. The standard InChI is InChI=1S/C27H31N7O4S/c1-6-37-24(35)18-13-29-25(30-14-18)33(4)27(2,3)22-11-19-21(39-22)15-31-26(32-19)34-9-10-38-20(16-34)17-7-8-23(36-5)28-12-17/h7-8,11-15,20H,6,9-10,16H2,1-5H3. The number of hydrogen-bond donors (Lipinski definition) is 0. The maximum absolute atomic E-state index is 12.0. The van der Waals surface area contributed by atoms with Crippen LogP contribution in [0.2, 0.25) is 0 Å². The van der Waals surface area contributed by atoms with E-state index in [4.69, 9.17) is 19.2 Å². The number of rotatable bonds is 8. The monoisotopic (exact) mass is 549 g/mol. The number of thiophene rings is 1. The van der Waals surface area contributed by atoms with Gasteiger partial charge in [0.05, 0.1) is 54.4 Å². The van der Waals surface area contributed by atoms with Gasteiger partial charge in [-0.25, -0.2) is 29.7 Å². The second-order valence-electron chi connectivity index (χ2n) is 9.58. The van der Waals surface area contributed by atoms with Crippen molar-refractivity contribution in [2.75, 3.05) is 50.3 Å². The molecule has 39 heavy (non-hydrogen) atoms. The van der Waals surface area contributed by atoms with Gasteiger partial charge in [-0.1, -0.05) is 0 Å². The van der Waals surface area contributed by atoms with Crippen LogP contribution in [-0.2, 0) is 15.0 Å². The van der Waals surface area contributed by atoms with Crippen molar-refractivity contribution in [1.29, 1.82) is 0 Å². The Morgan fingerprint density at radius 1 is 1.18 bits per heavy atom. The number of methoxy groups -OCH3 is 1. The molecule has 4 aromatic heterocycles. The maximum Gasteiger partial charge on any atom is 0.341 e. The van der Waals surface area contributed by atoms with Gasteiger partial charge >= 0.3 is 5.97 Å². The second-order valence-corrected chi connectivity index (χ2v) is 10.7. The fraction of sp³-hybridized carbons (Fsp3) is 0.407. The van der Waals surface area contributed by atoms with Crippen LogP contribution in [-0.4, -0.2) is 71.3 Å². The molecule has 1 aliphatic rings. The molecule has 12 heteroatoms. The predicted molar refractivity (Wildman–Crippen MR) is 149 cm³/mol. The number of hydrogen-bond acceptors (Lipinski definition) is 12. The van der Waals surface area contributed by atoms with Gasteiger partial charge in [0.1, 0.15) is 6.10 Å². The molecular formula is C27H31N7O4S. The van der Waals surface area contributed by atoms with Crippen LogP contribution in [0.15, 0.2) is 43.0 Å². The Labute approximate surface area is 230 Å². The van der Waals surface area contributed by atoms with Gasteiger partial charge in [-0.2, -0.15) is 0 Å². The number of nitrogens with zero attached hydrogens (tertiary/aromatic N) is 7. The normalized spacial score (nSPS) is 15.8. The molecule has 204 valence electrons. The molecule has 5 rings (SSSR count). The number of ether oxygens (including phenoxy) is 3. The van der Waals surface area contributed by atoms with Crippen molar-refractivity contribution in [3.05, 3.63) is 59.0 Å². The Hall–Kier alpha value is -3.90. The Morgan fingerprint density at radius 2 is 1.97 bits per heavy atom. The minimum atomic E-state index is -0.442. The second kappa shape index (κ2) is 11.1. The first-order chi connectivity index (χ1) is 18.8. The third-order valence-corrected chi connectivity index (χ3v) is 8.21. The first kappa shape index (κ1) is 26.7. The minimum Gasteiger partial charge on any atom is -0.481 e. The van der Waals surface area contributed by atoms with Gasteiger partial charge in [0.25, 0.3) is 0 Å². The molecule has 11 nitrogen and oxygen atoms in total. The Kier molecular flexibility index (Phi) is 7.58. The summed E-state index contributed by atoms with van der Waals surface area (Å²) in [7, 11) is 3.53. The van der Waals surface area contributed by atoms with Crippen molar-refractivity contribution in [3.63, 3.8) is 0 Å². The highest BCUT2D eigenvalue weighted by Gasteiger charge is 2.31. The number of carbonyl (C=O) groups is 1. The molecule has 1 aliphatic heterocycles. The van der Waals surface area contributed by atoms with Crippen LogP contribution in [0.1, 0.15) is 47.7 Å². The number of morpholine rings is 1. The number of anilines is 2. The highest BCUT2D eigenvalue weighted by atomic mass is 32.1. The quantitative estimate of drug-likeness (QED) is 0.297. The summed E-state index contributed by atoms with van der Waals surface area (Å²) >= 11 is 1.64. The van der Waals surface area contributed by atoms with E-state index in [9.17, 15) is 4.79 Å². The lowest BCUT2D eigenvalue weighted by Crippen LogP contribution is -2.39. The van der Waals surface area contributed by atoms with Crippen molar-refractivity contribution in [2.45, 2.75) is 32.4 Å². The van der Waals surface area contributed by atoms with Gasteiger partial charge in [-0.15, -0.1) is 11.3 Å². The van der Waals surface area contributed by atoms with E-state index in [1.165, 1.54) is 12.4 Å². The molecule has 0 radical (unpaired) electrons. The molecule has 0 aromatic carbocycles. The Balaban J connectivity index is 1.34. The summed E-state index contributed by atoms with van der Waals surface area (Å²) in [6, 6.07) is 5.91. The Morgan fingerprint density at radius 3 is 2.67 bits per heavy atom. The van der Waals surface area contributed by atoms with E-state index >= 15 is 0 Å². The Bertz CT molecular complexity index is 1440. The highest BCUT2D eigenvalue weighted by molar-refractivity contribution is 7.19. The van der Waals surface area contributed by atoms with Crippen LogP contribution in [0, 0.1) is 0 Å². The lowest BCUT2D eigenvalue weighted by atomic mass is 10.0. The van der Waals surface area contributed by atoms with Gasteiger partial charge in [-0.05, 0) is 32.9 Å². The summed E-state index contributed by atoms with van der Waals surface area (Å²) in [5, 5.41) is 0. The molecule has 0 amide bonds. The third-order valence-electron chi connectivity index (χ3n) is 6.84. The summed E-state index contributed by atoms with van der Waals surface area (Å²) in [5.41, 5.74) is 1.75. The molecule has 5 heterocycles. The lowest BCUT2D eigenvalue weighted by Gasteiger charge is -2.34. The summed E-state index contributed by atoms with van der Waals surface area (Å²) in [5.74, 6) is 1.31. The van der Waals surface area contributed by atoms with E-state index in [0.717, 1.165) is 20.7 Å². The number of aromatic nitrogens is 5. The summed E-state index contributed by atoms with van der Waals surface area (Å²) in [4.78, 5) is 39.9. The van der Waals surface area contributed by atoms with Gasteiger partial charge < -0.3 is 24.0 Å². The van der Waals surface area contributed by atoms with Crippen LogP contribution < -0.4 is 14.5 Å². The molecule has 0 bridgehead atoms. The molecule has 1 unspecified atom stereocenters. The lowest BCUT2D eigenvalue weighted by molar-refractivity contribution is 0.0390. The van der Waals surface area contributed by atoms with E-state index in [1.807, 2.05) is 30.3 Å². The number of carbonyl (C=O) groups excluding carboxylic acids is 1. The first-order valence-corrected chi connectivity index (χ1v) is 13.5. The van der Waals surface area contributed by atoms with E-state index in [0.29, 0.717) is 49.6 Å². The van der Waals surface area contributed by atoms with Crippen LogP contribution in [0.5, 0.6) is 5.88 Å². The molecule has 1 saturated heterocycles. The van der Waals surface area contributed by atoms with Crippen molar-refractivity contribution >= 4 is 39.4 Å². The van der Waals surface area contributed by atoms with Gasteiger partial charge in [0.15, 0.2) is 0 Å². The third kappa shape index (κ3) is 5.48. The minimum absolute atomic E-state index is 0.128. The fourth-order valence-electron chi connectivity index (χ4n) is 4.25. The molecule has 0 spiro atoms. The molecule has 0 aliphatic carbocycles. The van der Waals surface area contributed by atoms with Gasteiger partial charge in [0, 0.05) is 48.7 Å². The molecular weight excluding hydrogens is 518 g/mol. The summed E-state index contributed by atoms with van der Waals surface area (Å²) in [6.45, 7) is 8.17. The largest absolute Gasteiger partial charge is 0.481 e. The summed E-state index contributed by atoms with van der Waals surface area (Å²) in [6.07, 6.45) is 6.53. The highest BCUT2D eigenvalue weighted by Crippen LogP contribution is 2.37. The van der Waals surface area contributed by atoms with E-state index in [2.05, 4.69) is 44.7 Å². The molecule has 1 atom stereocenters. The van der Waals surface area contributed by atoms with E-state index in [1.54, 1.807) is 31.6 Å². The number of pyridine rings is 1. The van der Waals surface area contributed by atoms with Crippen LogP contribution in [0.25, 0.3) is 10.2 Å². The van der Waals surface area contributed by atoms with E-state index < -0.39 is 11.5 Å². The van der Waals surface area contributed by atoms with Gasteiger partial charge in [0.2, 0.25) is 17.8 Å². The maximum atomic E-state index is 12.0. The van der Waals surface area contributed by atoms with Crippen molar-refractivity contribution in [1.82, 2.24) is 24.9 Å². The van der Waals surface area contributed by atoms with Gasteiger partial charge in [-0.3, -0.25) is 0 Å². The van der Waals surface area contributed by atoms with Crippen LogP contribution in [0.4, 0.5) is 11.9 Å². The zero-order valence-electron chi connectivity index (χ0n) is 22.6. The summed E-state index contributed by atoms with van der Waals surface area (Å²) < 4.78 is 17.2. The van der Waals surface area contributed by atoms with Crippen molar-refractivity contribution in [3.8, 4) is 5.88 Å². The van der Waals surface area contributed by atoms with Crippen LogP contribution >= 0.6 is 11.3 Å². The smallest absolute Gasteiger partial charge is 0.341 e. The average molecular weight is 550 g/mol. The average Bonchev–Trinajstić information content (AvgIpc) is 3.42. The first-order valence-electron chi connectivity index (χ1n) is 12.7. The SMILES string of the molecule is CCOC(=O)c1cnc(N(C)C(C)(C)c2cc3nc(N4CCOC(c5ccc(OC)nc5)C4)ncc3s2)nc1. The van der Waals surface area contributed by atoms with Crippen LogP contribution in [0.3, 0.4) is 0 Å².